The topological polar surface area (TPSA) is 72.7 Å². The van der Waals surface area contributed by atoms with Crippen molar-refractivity contribution in [2.45, 2.75) is 30.0 Å². The van der Waals surface area contributed by atoms with Crippen LogP contribution >= 0.6 is 11.8 Å². The fraction of sp³-hybridized carbons (Fsp3) is 0.278. The van der Waals surface area contributed by atoms with Gasteiger partial charge in [-0.05, 0) is 25.1 Å². The summed E-state index contributed by atoms with van der Waals surface area (Å²) in [6, 6.07) is 11.4. The Morgan fingerprint density at radius 1 is 1.21 bits per heavy atom. The molecule has 0 aliphatic carbocycles. The number of alkyl halides is 3. The van der Waals surface area contributed by atoms with Gasteiger partial charge in [0.1, 0.15) is 5.75 Å². The molecule has 1 atom stereocenters. The van der Waals surface area contributed by atoms with Gasteiger partial charge in [0.05, 0.1) is 10.2 Å². The van der Waals surface area contributed by atoms with Crippen LogP contribution in [0.25, 0.3) is 0 Å². The highest BCUT2D eigenvalue weighted by Crippen LogP contribution is 2.29. The minimum Gasteiger partial charge on any atom is -0.405 e. The van der Waals surface area contributed by atoms with Gasteiger partial charge in [0, 0.05) is 36.2 Å². The summed E-state index contributed by atoms with van der Waals surface area (Å²) in [5.41, 5.74) is 0.171. The van der Waals surface area contributed by atoms with Crippen molar-refractivity contribution in [3.05, 3.63) is 64.2 Å². The molecule has 0 fully saturated rings. The van der Waals surface area contributed by atoms with Crippen LogP contribution in [0.5, 0.6) is 5.75 Å². The van der Waals surface area contributed by atoms with Crippen molar-refractivity contribution in [2.75, 3.05) is 7.05 Å². The number of carbonyl (C=O) groups is 1. The molecule has 2 rings (SSSR count). The summed E-state index contributed by atoms with van der Waals surface area (Å²) in [6.45, 7) is 1.60. The van der Waals surface area contributed by atoms with Crippen molar-refractivity contribution in [3.8, 4) is 5.75 Å². The van der Waals surface area contributed by atoms with Gasteiger partial charge in [-0.1, -0.05) is 18.2 Å². The van der Waals surface area contributed by atoms with Crippen LogP contribution in [0.2, 0.25) is 0 Å². The number of nitro benzene ring substituents is 1. The third kappa shape index (κ3) is 6.15. The number of nitro groups is 1. The molecule has 28 heavy (non-hydrogen) atoms. The molecule has 0 N–H and O–H groups in total. The molecule has 0 radical (unpaired) electrons. The molecule has 0 aliphatic heterocycles. The van der Waals surface area contributed by atoms with Gasteiger partial charge in [-0.2, -0.15) is 0 Å². The number of ether oxygens (including phenoxy) is 1. The molecule has 0 spiro atoms. The summed E-state index contributed by atoms with van der Waals surface area (Å²) in [5.74, 6) is -0.657. The average molecular weight is 414 g/mol. The quantitative estimate of drug-likeness (QED) is 0.375. The zero-order chi connectivity index (χ0) is 20.9. The number of non-ortho nitro benzene ring substituents is 1. The predicted molar refractivity (Wildman–Crippen MR) is 98.0 cm³/mol. The van der Waals surface area contributed by atoms with Gasteiger partial charge >= 0.3 is 6.36 Å². The number of halogens is 3. The van der Waals surface area contributed by atoms with Gasteiger partial charge in [-0.15, -0.1) is 24.9 Å². The van der Waals surface area contributed by atoms with Gasteiger partial charge in [0.15, 0.2) is 0 Å². The van der Waals surface area contributed by atoms with E-state index in [0.29, 0.717) is 4.90 Å². The fourth-order valence-electron chi connectivity index (χ4n) is 2.40. The molecular weight excluding hydrogens is 397 g/mol. The summed E-state index contributed by atoms with van der Waals surface area (Å²) >= 11 is 1.20. The van der Waals surface area contributed by atoms with Crippen LogP contribution in [-0.4, -0.2) is 34.4 Å². The minimum atomic E-state index is -4.82. The number of carbonyl (C=O) groups excluding carboxylic acids is 1. The van der Waals surface area contributed by atoms with E-state index in [1.54, 1.807) is 25.1 Å². The van der Waals surface area contributed by atoms with E-state index in [1.165, 1.54) is 54.0 Å². The molecule has 0 saturated carbocycles. The highest BCUT2D eigenvalue weighted by Gasteiger charge is 2.32. The molecule has 0 aromatic heterocycles. The molecule has 1 unspecified atom stereocenters. The predicted octanol–water partition coefficient (Wildman–Crippen LogP) is 4.63. The van der Waals surface area contributed by atoms with Crippen molar-refractivity contribution in [3.63, 3.8) is 0 Å². The van der Waals surface area contributed by atoms with E-state index < -0.39 is 16.5 Å². The fourth-order valence-corrected chi connectivity index (χ4v) is 3.39. The molecular formula is C18H17F3N2O4S. The zero-order valence-electron chi connectivity index (χ0n) is 15.0. The minimum absolute atomic E-state index is 0.0540. The van der Waals surface area contributed by atoms with Crippen LogP contribution in [-0.2, 0) is 11.3 Å². The first-order valence-corrected chi connectivity index (χ1v) is 8.94. The van der Waals surface area contributed by atoms with Crippen LogP contribution in [0.4, 0.5) is 18.9 Å². The summed E-state index contributed by atoms with van der Waals surface area (Å²) in [6.07, 6.45) is -4.82. The number of amides is 1. The third-order valence-electron chi connectivity index (χ3n) is 3.69. The van der Waals surface area contributed by atoms with Crippen molar-refractivity contribution in [2.24, 2.45) is 0 Å². The lowest BCUT2D eigenvalue weighted by molar-refractivity contribution is -0.384. The first-order chi connectivity index (χ1) is 13.1. The van der Waals surface area contributed by atoms with E-state index in [1.807, 2.05) is 0 Å². The van der Waals surface area contributed by atoms with Crippen LogP contribution in [0, 0.1) is 10.1 Å². The van der Waals surface area contributed by atoms with Crippen LogP contribution in [0.1, 0.15) is 12.5 Å². The lowest BCUT2D eigenvalue weighted by atomic mass is 10.2. The van der Waals surface area contributed by atoms with E-state index in [0.717, 1.165) is 0 Å². The first kappa shape index (κ1) is 21.5. The van der Waals surface area contributed by atoms with E-state index in [9.17, 15) is 28.1 Å². The maximum absolute atomic E-state index is 12.6. The zero-order valence-corrected chi connectivity index (χ0v) is 15.8. The molecule has 2 aromatic carbocycles. The van der Waals surface area contributed by atoms with E-state index in [2.05, 4.69) is 4.74 Å². The number of para-hydroxylation sites is 1. The Bertz CT molecular complexity index is 843. The third-order valence-corrected chi connectivity index (χ3v) is 4.79. The molecule has 6 nitrogen and oxygen atoms in total. The molecule has 1 amide bonds. The summed E-state index contributed by atoms with van der Waals surface area (Å²) in [4.78, 5) is 24.7. The lowest BCUT2D eigenvalue weighted by Gasteiger charge is -2.22. The summed E-state index contributed by atoms with van der Waals surface area (Å²) in [7, 11) is 1.49. The summed E-state index contributed by atoms with van der Waals surface area (Å²) < 4.78 is 41.6. The first-order valence-electron chi connectivity index (χ1n) is 8.06. The number of benzene rings is 2. The van der Waals surface area contributed by atoms with Crippen LogP contribution in [0.15, 0.2) is 53.4 Å². The molecule has 0 aliphatic rings. The van der Waals surface area contributed by atoms with Gasteiger partial charge in [0.25, 0.3) is 5.69 Å². The second-order valence-corrected chi connectivity index (χ2v) is 7.28. The van der Waals surface area contributed by atoms with E-state index in [-0.39, 0.29) is 29.5 Å². The normalized spacial score (nSPS) is 12.3. The van der Waals surface area contributed by atoms with Gasteiger partial charge < -0.3 is 9.64 Å². The van der Waals surface area contributed by atoms with Crippen molar-refractivity contribution in [1.29, 1.82) is 0 Å². The van der Waals surface area contributed by atoms with Crippen molar-refractivity contribution in [1.82, 2.24) is 4.90 Å². The largest absolute Gasteiger partial charge is 0.573 e. The second kappa shape index (κ2) is 8.96. The number of rotatable bonds is 7. The smallest absolute Gasteiger partial charge is 0.405 e. The highest BCUT2D eigenvalue weighted by molar-refractivity contribution is 8.00. The molecule has 0 bridgehead atoms. The molecule has 2 aromatic rings. The van der Waals surface area contributed by atoms with Crippen molar-refractivity contribution < 1.29 is 27.6 Å². The standard InChI is InChI=1S/C18H17F3N2O4S/c1-12(28-15-9-7-14(8-10-15)23(25)26)17(24)22(2)11-13-5-3-4-6-16(13)27-18(19,20)21/h3-10,12H,11H2,1-2H3. The molecule has 0 saturated heterocycles. The van der Waals surface area contributed by atoms with Crippen LogP contribution in [0.3, 0.4) is 0 Å². The maximum Gasteiger partial charge on any atom is 0.573 e. The highest BCUT2D eigenvalue weighted by atomic mass is 32.2. The number of hydrogen-bond acceptors (Lipinski definition) is 5. The number of thioether (sulfide) groups is 1. The number of hydrogen-bond donors (Lipinski definition) is 0. The van der Waals surface area contributed by atoms with Gasteiger partial charge in [0.2, 0.25) is 5.91 Å². The Morgan fingerprint density at radius 3 is 2.39 bits per heavy atom. The van der Waals surface area contributed by atoms with Gasteiger partial charge in [-0.3, -0.25) is 14.9 Å². The second-order valence-electron chi connectivity index (χ2n) is 5.86. The van der Waals surface area contributed by atoms with Crippen molar-refractivity contribution >= 4 is 23.4 Å². The van der Waals surface area contributed by atoms with Crippen LogP contribution < -0.4 is 4.74 Å². The van der Waals surface area contributed by atoms with E-state index >= 15 is 0 Å². The Balaban J connectivity index is 2.03. The Labute approximate surface area is 163 Å². The number of nitrogens with zero attached hydrogens (tertiary/aromatic N) is 2. The van der Waals surface area contributed by atoms with E-state index in [4.69, 9.17) is 0 Å². The maximum atomic E-state index is 12.6. The lowest BCUT2D eigenvalue weighted by Crippen LogP contribution is -2.33. The molecule has 10 heteroatoms. The Morgan fingerprint density at radius 2 is 1.82 bits per heavy atom. The monoisotopic (exact) mass is 414 g/mol. The molecule has 150 valence electrons. The Kier molecular flexibility index (Phi) is 6.90. The van der Waals surface area contributed by atoms with Gasteiger partial charge in [-0.25, -0.2) is 0 Å². The average Bonchev–Trinajstić information content (AvgIpc) is 2.61. The SMILES string of the molecule is CC(Sc1ccc([N+](=O)[O-])cc1)C(=O)N(C)Cc1ccccc1OC(F)(F)F. The summed E-state index contributed by atoms with van der Waals surface area (Å²) in [5, 5.41) is 10.1. The molecule has 0 heterocycles. The Hall–Kier alpha value is -2.75.